The normalized spacial score (nSPS) is 23.7. The molecule has 0 radical (unpaired) electrons. The van der Waals surface area contributed by atoms with Gasteiger partial charge in [-0.15, -0.1) is 5.92 Å². The fourth-order valence-electron chi connectivity index (χ4n) is 2.47. The van der Waals surface area contributed by atoms with Crippen LogP contribution in [0.5, 0.6) is 0 Å². The predicted molar refractivity (Wildman–Crippen MR) is 63.7 cm³/mol. The van der Waals surface area contributed by atoms with Crippen LogP contribution in [0, 0.1) is 17.8 Å². The van der Waals surface area contributed by atoms with Crippen LogP contribution in [0.25, 0.3) is 0 Å². The number of rotatable bonds is 2. The van der Waals surface area contributed by atoms with Crippen molar-refractivity contribution in [3.05, 3.63) is 0 Å². The lowest BCUT2D eigenvalue weighted by molar-refractivity contribution is 0.268. The molecule has 2 rings (SSSR count). The zero-order valence-electron chi connectivity index (χ0n) is 9.60. The Bertz CT molecular complexity index is 227. The Morgan fingerprint density at radius 2 is 1.80 bits per heavy atom. The molecule has 2 aliphatic rings. The highest BCUT2D eigenvalue weighted by atomic mass is 15.2. The van der Waals surface area contributed by atoms with Crippen LogP contribution in [-0.4, -0.2) is 37.6 Å². The maximum absolute atomic E-state index is 3.36. The fourth-order valence-corrected chi connectivity index (χ4v) is 2.47. The number of nitrogens with zero attached hydrogens (tertiary/aromatic N) is 1. The minimum absolute atomic E-state index is 0.917. The monoisotopic (exact) mass is 206 g/mol. The smallest absolute Gasteiger partial charge is 0.0602 e. The van der Waals surface area contributed by atoms with E-state index >= 15 is 0 Å². The zero-order chi connectivity index (χ0) is 10.3. The number of piperazine rings is 1. The molecule has 15 heavy (non-hydrogen) atoms. The van der Waals surface area contributed by atoms with Gasteiger partial charge in [-0.3, -0.25) is 4.90 Å². The largest absolute Gasteiger partial charge is 0.314 e. The Hall–Kier alpha value is -0.520. The molecule has 1 saturated carbocycles. The summed E-state index contributed by atoms with van der Waals surface area (Å²) in [4.78, 5) is 2.44. The van der Waals surface area contributed by atoms with Crippen LogP contribution in [0.4, 0.5) is 0 Å². The summed E-state index contributed by atoms with van der Waals surface area (Å²) in [5.41, 5.74) is 0. The predicted octanol–water partition coefficient (Wildman–Crippen LogP) is 1.48. The minimum atomic E-state index is 0.917. The Morgan fingerprint density at radius 1 is 1.07 bits per heavy atom. The SMILES string of the molecule is C(#CCN1CCNCC1)CC1CCCC1. The molecule has 1 saturated heterocycles. The van der Waals surface area contributed by atoms with Crippen LogP contribution >= 0.6 is 0 Å². The second-order valence-corrected chi connectivity index (χ2v) is 4.73. The Morgan fingerprint density at radius 3 is 2.53 bits per heavy atom. The molecule has 84 valence electrons. The van der Waals surface area contributed by atoms with E-state index in [0.29, 0.717) is 0 Å². The molecule has 2 nitrogen and oxygen atoms in total. The van der Waals surface area contributed by atoms with Gasteiger partial charge in [0.05, 0.1) is 6.54 Å². The molecule has 0 unspecified atom stereocenters. The summed E-state index contributed by atoms with van der Waals surface area (Å²) >= 11 is 0. The lowest BCUT2D eigenvalue weighted by atomic mass is 10.1. The molecule has 0 aromatic carbocycles. The third-order valence-electron chi connectivity index (χ3n) is 3.50. The molecule has 1 N–H and O–H groups in total. The van der Waals surface area contributed by atoms with Crippen LogP contribution in [0.15, 0.2) is 0 Å². The molecule has 0 aromatic rings. The van der Waals surface area contributed by atoms with E-state index < -0.39 is 0 Å². The van der Waals surface area contributed by atoms with Gasteiger partial charge < -0.3 is 5.32 Å². The second-order valence-electron chi connectivity index (χ2n) is 4.73. The minimum Gasteiger partial charge on any atom is -0.314 e. The zero-order valence-corrected chi connectivity index (χ0v) is 9.60. The van der Waals surface area contributed by atoms with Crippen molar-refractivity contribution in [3.8, 4) is 11.8 Å². The first-order chi connectivity index (χ1) is 7.45. The molecule has 1 aliphatic heterocycles. The van der Waals surface area contributed by atoms with Crippen molar-refractivity contribution in [1.29, 1.82) is 0 Å². The van der Waals surface area contributed by atoms with Crippen LogP contribution in [0.3, 0.4) is 0 Å². The highest BCUT2D eigenvalue weighted by molar-refractivity contribution is 5.03. The van der Waals surface area contributed by atoms with Gasteiger partial charge in [0.2, 0.25) is 0 Å². The highest BCUT2D eigenvalue weighted by Gasteiger charge is 2.13. The van der Waals surface area contributed by atoms with Crippen molar-refractivity contribution >= 4 is 0 Å². The van der Waals surface area contributed by atoms with Crippen molar-refractivity contribution in [3.63, 3.8) is 0 Å². The lowest BCUT2D eigenvalue weighted by Gasteiger charge is -2.24. The molecule has 1 aliphatic carbocycles. The van der Waals surface area contributed by atoms with E-state index in [-0.39, 0.29) is 0 Å². The highest BCUT2D eigenvalue weighted by Crippen LogP contribution is 2.26. The van der Waals surface area contributed by atoms with Crippen LogP contribution in [-0.2, 0) is 0 Å². The maximum atomic E-state index is 3.36. The lowest BCUT2D eigenvalue weighted by Crippen LogP contribution is -2.43. The summed E-state index contributed by atoms with van der Waals surface area (Å²) in [7, 11) is 0. The molecule has 0 bridgehead atoms. The molecular weight excluding hydrogens is 184 g/mol. The first-order valence-corrected chi connectivity index (χ1v) is 6.34. The van der Waals surface area contributed by atoms with Crippen molar-refractivity contribution in [2.75, 3.05) is 32.7 Å². The van der Waals surface area contributed by atoms with Gasteiger partial charge in [0.1, 0.15) is 0 Å². The average Bonchev–Trinajstić information content (AvgIpc) is 2.79. The van der Waals surface area contributed by atoms with Gasteiger partial charge in [-0.2, -0.15) is 0 Å². The quantitative estimate of drug-likeness (QED) is 0.688. The van der Waals surface area contributed by atoms with Crippen molar-refractivity contribution in [2.45, 2.75) is 32.1 Å². The van der Waals surface area contributed by atoms with E-state index in [1.807, 2.05) is 0 Å². The average molecular weight is 206 g/mol. The van der Waals surface area contributed by atoms with Crippen molar-refractivity contribution < 1.29 is 0 Å². The number of nitrogens with one attached hydrogen (secondary N) is 1. The van der Waals surface area contributed by atoms with Gasteiger partial charge in [-0.1, -0.05) is 18.8 Å². The van der Waals surface area contributed by atoms with Gasteiger partial charge >= 0.3 is 0 Å². The molecule has 0 atom stereocenters. The first-order valence-electron chi connectivity index (χ1n) is 6.34. The number of hydrogen-bond donors (Lipinski definition) is 1. The first kappa shape index (κ1) is 11.0. The van der Waals surface area contributed by atoms with Gasteiger partial charge in [0.25, 0.3) is 0 Å². The molecule has 0 aromatic heterocycles. The molecule has 2 heteroatoms. The van der Waals surface area contributed by atoms with Gasteiger partial charge in [0, 0.05) is 32.6 Å². The summed E-state index contributed by atoms with van der Waals surface area (Å²) in [5.74, 6) is 7.61. The third-order valence-corrected chi connectivity index (χ3v) is 3.50. The molecule has 1 heterocycles. The van der Waals surface area contributed by atoms with E-state index in [0.717, 1.165) is 45.1 Å². The van der Waals surface area contributed by atoms with Gasteiger partial charge in [0.15, 0.2) is 0 Å². The van der Waals surface area contributed by atoms with E-state index in [9.17, 15) is 0 Å². The molecule has 0 amide bonds. The summed E-state index contributed by atoms with van der Waals surface area (Å²) in [6.07, 6.45) is 6.85. The number of hydrogen-bond acceptors (Lipinski definition) is 2. The Kier molecular flexibility index (Phi) is 4.50. The Balaban J connectivity index is 1.61. The molecule has 2 fully saturated rings. The molecular formula is C13H22N2. The summed E-state index contributed by atoms with van der Waals surface area (Å²) in [5, 5.41) is 3.36. The van der Waals surface area contributed by atoms with E-state index in [1.165, 1.54) is 25.7 Å². The standard InChI is InChI=1S/C13H22N2/c1-2-6-13(5-1)7-3-4-10-15-11-8-14-9-12-15/h13-14H,1-2,5-12H2. The topological polar surface area (TPSA) is 15.3 Å². The van der Waals surface area contributed by atoms with Crippen molar-refractivity contribution in [2.24, 2.45) is 5.92 Å². The summed E-state index contributed by atoms with van der Waals surface area (Å²) in [6, 6.07) is 0. The second kappa shape index (κ2) is 6.15. The van der Waals surface area contributed by atoms with Crippen LogP contribution in [0.2, 0.25) is 0 Å². The van der Waals surface area contributed by atoms with Crippen molar-refractivity contribution in [1.82, 2.24) is 10.2 Å². The van der Waals surface area contributed by atoms with E-state index in [2.05, 4.69) is 22.1 Å². The van der Waals surface area contributed by atoms with E-state index in [4.69, 9.17) is 0 Å². The summed E-state index contributed by atoms with van der Waals surface area (Å²) in [6.45, 7) is 5.57. The van der Waals surface area contributed by atoms with Crippen LogP contribution in [0.1, 0.15) is 32.1 Å². The van der Waals surface area contributed by atoms with Gasteiger partial charge in [-0.05, 0) is 18.8 Å². The van der Waals surface area contributed by atoms with E-state index in [1.54, 1.807) is 0 Å². The fraction of sp³-hybridized carbons (Fsp3) is 0.846. The van der Waals surface area contributed by atoms with Gasteiger partial charge in [-0.25, -0.2) is 0 Å². The molecule has 0 spiro atoms. The summed E-state index contributed by atoms with van der Waals surface area (Å²) < 4.78 is 0. The Labute approximate surface area is 93.4 Å². The van der Waals surface area contributed by atoms with Crippen LogP contribution < -0.4 is 5.32 Å². The maximum Gasteiger partial charge on any atom is 0.0602 e. The third kappa shape index (κ3) is 3.85.